The van der Waals surface area contributed by atoms with E-state index < -0.39 is 43.0 Å². The molecule has 1 fully saturated rings. The van der Waals surface area contributed by atoms with Gasteiger partial charge in [0.1, 0.15) is 12.2 Å². The van der Waals surface area contributed by atoms with Crippen molar-refractivity contribution in [3.63, 3.8) is 0 Å². The molecule has 2 amide bonds. The van der Waals surface area contributed by atoms with Crippen LogP contribution in [0, 0.1) is 0 Å². The van der Waals surface area contributed by atoms with Crippen LogP contribution in [0.2, 0.25) is 0 Å². The van der Waals surface area contributed by atoms with Crippen LogP contribution in [0.5, 0.6) is 0 Å². The van der Waals surface area contributed by atoms with Crippen molar-refractivity contribution in [1.29, 1.82) is 0 Å². The fourth-order valence-electron chi connectivity index (χ4n) is 3.86. The van der Waals surface area contributed by atoms with Gasteiger partial charge in [0.2, 0.25) is 5.95 Å². The van der Waals surface area contributed by atoms with Crippen LogP contribution in [-0.2, 0) is 4.74 Å². The Kier molecular flexibility index (Phi) is 6.38. The number of imidazole rings is 1. The zero-order valence-corrected chi connectivity index (χ0v) is 18.7. The van der Waals surface area contributed by atoms with Gasteiger partial charge in [0.05, 0.1) is 12.9 Å². The number of hydrogen-bond donors (Lipinski definition) is 4. The van der Waals surface area contributed by atoms with E-state index >= 15 is 0 Å². The van der Waals surface area contributed by atoms with Gasteiger partial charge in [-0.15, -0.1) is 0 Å². The minimum absolute atomic E-state index is 0.0244. The molecule has 1 saturated heterocycles. The Hall–Kier alpha value is -4.26. The van der Waals surface area contributed by atoms with E-state index in [1.165, 1.54) is 10.9 Å². The second-order valence-electron chi connectivity index (χ2n) is 8.04. The van der Waals surface area contributed by atoms with Crippen LogP contribution in [0.15, 0.2) is 67.0 Å². The van der Waals surface area contributed by atoms with E-state index in [-0.39, 0.29) is 22.9 Å². The van der Waals surface area contributed by atoms with Crippen molar-refractivity contribution in [2.24, 2.45) is 0 Å². The number of aliphatic hydroxyl groups is 2. The smallest absolute Gasteiger partial charge is 0.258 e. The molecule has 0 bridgehead atoms. The summed E-state index contributed by atoms with van der Waals surface area (Å²) >= 11 is 0. The third-order valence-electron chi connectivity index (χ3n) is 5.70. The van der Waals surface area contributed by atoms with Gasteiger partial charge in [-0.1, -0.05) is 36.4 Å². The van der Waals surface area contributed by atoms with Gasteiger partial charge in [-0.05, 0) is 24.3 Å². The Labute approximate surface area is 203 Å². The lowest BCUT2D eigenvalue weighted by Crippen LogP contribution is -2.30. The highest BCUT2D eigenvalue weighted by atomic mass is 19.1. The molecule has 0 aliphatic carbocycles. The van der Waals surface area contributed by atoms with Gasteiger partial charge in [-0.2, -0.15) is 9.97 Å². The van der Waals surface area contributed by atoms with Crippen LogP contribution in [0.3, 0.4) is 0 Å². The molecular formula is C24H21FN6O5. The van der Waals surface area contributed by atoms with Crippen LogP contribution in [-0.4, -0.2) is 66.5 Å². The van der Waals surface area contributed by atoms with Crippen molar-refractivity contribution in [3.8, 4) is 0 Å². The molecule has 0 spiro atoms. The van der Waals surface area contributed by atoms with E-state index in [9.17, 15) is 24.2 Å². The second-order valence-corrected chi connectivity index (χ2v) is 8.04. The lowest BCUT2D eigenvalue weighted by atomic mass is 10.1. The molecule has 11 nitrogen and oxygen atoms in total. The number of aliphatic hydroxyl groups excluding tert-OH is 2. The SMILES string of the molecule is O=C(Nc1nc(NC(=O)c2ccccc2)c2ncn([C@@H]3O[C@H](CO)[C@@H](O)[C@H]3F)c2n1)c1ccccc1. The third-order valence-corrected chi connectivity index (χ3v) is 5.70. The quantitative estimate of drug-likeness (QED) is 0.319. The average Bonchev–Trinajstić information content (AvgIpc) is 3.45. The average molecular weight is 492 g/mol. The number of hydrogen-bond acceptors (Lipinski definition) is 8. The summed E-state index contributed by atoms with van der Waals surface area (Å²) in [6, 6.07) is 16.8. The third kappa shape index (κ3) is 4.40. The van der Waals surface area contributed by atoms with E-state index in [4.69, 9.17) is 4.74 Å². The number of halogens is 1. The molecule has 0 unspecified atom stereocenters. The van der Waals surface area contributed by atoms with Crippen LogP contribution in [0.25, 0.3) is 11.2 Å². The van der Waals surface area contributed by atoms with Gasteiger partial charge < -0.3 is 20.3 Å². The number of aromatic nitrogens is 4. The first-order valence-corrected chi connectivity index (χ1v) is 11.0. The Morgan fingerprint density at radius 1 is 0.972 bits per heavy atom. The van der Waals surface area contributed by atoms with Gasteiger partial charge >= 0.3 is 0 Å². The topological polar surface area (TPSA) is 151 Å². The van der Waals surface area contributed by atoms with Gasteiger partial charge in [0.25, 0.3) is 11.8 Å². The number of carbonyl (C=O) groups is 2. The Balaban J connectivity index is 1.55. The summed E-state index contributed by atoms with van der Waals surface area (Å²) in [4.78, 5) is 38.3. The first-order valence-electron chi connectivity index (χ1n) is 11.0. The predicted molar refractivity (Wildman–Crippen MR) is 126 cm³/mol. The number of benzene rings is 2. The maximum atomic E-state index is 14.9. The number of rotatable bonds is 6. The lowest BCUT2D eigenvalue weighted by molar-refractivity contribution is -0.0459. The lowest BCUT2D eigenvalue weighted by Gasteiger charge is -2.16. The number of fused-ring (bicyclic) bond motifs is 1. The second kappa shape index (κ2) is 9.77. The highest BCUT2D eigenvalue weighted by Gasteiger charge is 2.45. The molecular weight excluding hydrogens is 471 g/mol. The van der Waals surface area contributed by atoms with Crippen molar-refractivity contribution in [1.82, 2.24) is 19.5 Å². The van der Waals surface area contributed by atoms with Crippen LogP contribution < -0.4 is 10.6 Å². The van der Waals surface area contributed by atoms with E-state index in [1.807, 2.05) is 0 Å². The van der Waals surface area contributed by atoms with Crippen molar-refractivity contribution < 1.29 is 28.9 Å². The summed E-state index contributed by atoms with van der Waals surface area (Å²) in [7, 11) is 0. The standard InChI is InChI=1S/C24H21FN6O5/c25-16-18(33)15(11-32)36-23(16)31-12-26-17-19(27-21(34)13-7-3-1-4-8-13)28-24(29-20(17)31)30-22(35)14-9-5-2-6-10-14/h1-10,12,15-16,18,23,32-33H,11H2,(H2,27,28,29,30,34,35)/t15-,16-,18-,23-/m1/s1. The van der Waals surface area contributed by atoms with Gasteiger partial charge in [0, 0.05) is 11.1 Å². The number of amides is 2. The molecule has 184 valence electrons. The summed E-state index contributed by atoms with van der Waals surface area (Å²) in [5, 5.41) is 24.7. The fourth-order valence-corrected chi connectivity index (χ4v) is 3.86. The number of carbonyl (C=O) groups excluding carboxylic acids is 2. The molecule has 1 aliphatic rings. The Bertz CT molecular complexity index is 1400. The van der Waals surface area contributed by atoms with E-state index in [1.54, 1.807) is 60.7 Å². The molecule has 2 aromatic carbocycles. The predicted octanol–water partition coefficient (Wildman–Crippen LogP) is 1.92. The number of alkyl halides is 1. The molecule has 4 atom stereocenters. The normalized spacial score (nSPS) is 21.4. The molecule has 0 radical (unpaired) electrons. The summed E-state index contributed by atoms with van der Waals surface area (Å²) in [5.74, 6) is -1.18. The van der Waals surface area contributed by atoms with E-state index in [0.29, 0.717) is 11.1 Å². The molecule has 0 saturated carbocycles. The highest BCUT2D eigenvalue weighted by molar-refractivity contribution is 6.08. The molecule has 5 rings (SSSR count). The van der Waals surface area contributed by atoms with Gasteiger partial charge in [-0.25, -0.2) is 9.37 Å². The monoisotopic (exact) mass is 492 g/mol. The van der Waals surface area contributed by atoms with Crippen LogP contribution in [0.1, 0.15) is 26.9 Å². The van der Waals surface area contributed by atoms with E-state index in [2.05, 4.69) is 25.6 Å². The molecule has 2 aromatic heterocycles. The molecule has 12 heteroatoms. The van der Waals surface area contributed by atoms with Crippen LogP contribution in [0.4, 0.5) is 16.2 Å². The maximum Gasteiger partial charge on any atom is 0.258 e. The maximum absolute atomic E-state index is 14.9. The van der Waals surface area contributed by atoms with Gasteiger partial charge in [-0.3, -0.25) is 19.5 Å². The molecule has 4 N–H and O–H groups in total. The Morgan fingerprint density at radius 3 is 2.17 bits per heavy atom. The molecule has 4 aromatic rings. The zero-order chi connectivity index (χ0) is 25.2. The van der Waals surface area contributed by atoms with E-state index in [0.717, 1.165) is 0 Å². The number of nitrogens with one attached hydrogen (secondary N) is 2. The molecule has 3 heterocycles. The van der Waals surface area contributed by atoms with Crippen molar-refractivity contribution in [2.45, 2.75) is 24.6 Å². The first kappa shape index (κ1) is 23.5. The molecule has 1 aliphatic heterocycles. The Morgan fingerprint density at radius 2 is 1.58 bits per heavy atom. The number of ether oxygens (including phenoxy) is 1. The number of nitrogens with zero attached hydrogens (tertiary/aromatic N) is 4. The highest BCUT2D eigenvalue weighted by Crippen LogP contribution is 2.34. The summed E-state index contributed by atoms with van der Waals surface area (Å²) < 4.78 is 21.6. The summed E-state index contributed by atoms with van der Waals surface area (Å²) in [5.41, 5.74) is 0.849. The van der Waals surface area contributed by atoms with Crippen molar-refractivity contribution in [3.05, 3.63) is 78.1 Å². The first-order chi connectivity index (χ1) is 17.5. The molecule has 36 heavy (non-hydrogen) atoms. The van der Waals surface area contributed by atoms with Crippen molar-refractivity contribution in [2.75, 3.05) is 17.2 Å². The minimum atomic E-state index is -1.89. The van der Waals surface area contributed by atoms with Gasteiger partial charge in [0.15, 0.2) is 29.4 Å². The number of anilines is 2. The zero-order valence-electron chi connectivity index (χ0n) is 18.7. The summed E-state index contributed by atoms with van der Waals surface area (Å²) in [6.45, 7) is -0.587. The summed E-state index contributed by atoms with van der Waals surface area (Å²) in [6.07, 6.45) is -4.72. The van der Waals surface area contributed by atoms with Crippen molar-refractivity contribution >= 4 is 34.7 Å². The van der Waals surface area contributed by atoms with Crippen LogP contribution >= 0.6 is 0 Å². The largest absolute Gasteiger partial charge is 0.394 e. The fraction of sp³-hybridized carbons (Fsp3) is 0.208. The minimum Gasteiger partial charge on any atom is -0.394 e.